The number of aromatic nitrogens is 1. The highest BCUT2D eigenvalue weighted by molar-refractivity contribution is 6.30. The smallest absolute Gasteiger partial charge is 0.377 e. The number of hydrogen-bond donors (Lipinski definition) is 0. The summed E-state index contributed by atoms with van der Waals surface area (Å²) < 4.78 is 42.7. The van der Waals surface area contributed by atoms with Crippen molar-refractivity contribution >= 4 is 11.6 Å². The quantitative estimate of drug-likeness (QED) is 0.596. The minimum Gasteiger partial charge on any atom is -0.377 e. The van der Waals surface area contributed by atoms with Gasteiger partial charge >= 0.3 is 6.18 Å². The number of pyridine rings is 1. The maximum absolute atomic E-state index is 12.5. The van der Waals surface area contributed by atoms with Gasteiger partial charge in [0.2, 0.25) is 0 Å². The highest BCUT2D eigenvalue weighted by Crippen LogP contribution is 2.33. The zero-order valence-corrected chi connectivity index (χ0v) is 10.0. The van der Waals surface area contributed by atoms with Crippen molar-refractivity contribution in [3.8, 4) is 0 Å². The number of halogens is 4. The molecule has 0 aliphatic heterocycles. The van der Waals surface area contributed by atoms with Gasteiger partial charge in [0.1, 0.15) is 5.15 Å². The molecule has 0 spiro atoms. The van der Waals surface area contributed by atoms with Crippen LogP contribution in [0.5, 0.6) is 0 Å². The molecule has 0 aliphatic carbocycles. The summed E-state index contributed by atoms with van der Waals surface area (Å²) in [5, 5.41) is -0.588. The standard InChI is InChI=1S/C11H12ClF3NO/c1-2-3-4-17-7-8-5-9(11(13,14)15)10(12)16-6-8/h5H,2-4,7H2,1H3. The normalized spacial score (nSPS) is 11.8. The predicted octanol–water partition coefficient (Wildman–Crippen LogP) is 3.87. The van der Waals surface area contributed by atoms with Crippen LogP contribution in [0.1, 0.15) is 30.9 Å². The summed E-state index contributed by atoms with van der Waals surface area (Å²) in [5.41, 5.74) is -0.704. The van der Waals surface area contributed by atoms with Gasteiger partial charge in [-0.15, -0.1) is 0 Å². The largest absolute Gasteiger partial charge is 0.419 e. The lowest BCUT2D eigenvalue weighted by Gasteiger charge is -2.09. The molecule has 0 unspecified atom stereocenters. The van der Waals surface area contributed by atoms with E-state index in [1.165, 1.54) is 0 Å². The first-order valence-electron chi connectivity index (χ1n) is 5.17. The molecule has 1 heterocycles. The van der Waals surface area contributed by atoms with E-state index in [-0.39, 0.29) is 12.2 Å². The van der Waals surface area contributed by atoms with E-state index in [0.717, 1.165) is 18.9 Å². The van der Waals surface area contributed by atoms with Crippen molar-refractivity contribution in [3.63, 3.8) is 0 Å². The average Bonchev–Trinajstić information content (AvgIpc) is 2.25. The number of unbranched alkanes of at least 4 members (excludes halogenated alkanes) is 1. The molecule has 0 amide bonds. The average molecular weight is 267 g/mol. The first-order chi connectivity index (χ1) is 7.95. The van der Waals surface area contributed by atoms with E-state index in [9.17, 15) is 13.2 Å². The Hall–Kier alpha value is -0.810. The van der Waals surface area contributed by atoms with Crippen LogP contribution in [-0.4, -0.2) is 11.6 Å². The van der Waals surface area contributed by atoms with Crippen LogP contribution in [0.3, 0.4) is 0 Å². The van der Waals surface area contributed by atoms with Crippen LogP contribution >= 0.6 is 11.6 Å². The summed E-state index contributed by atoms with van der Waals surface area (Å²) in [4.78, 5) is 3.38. The van der Waals surface area contributed by atoms with Gasteiger partial charge in [-0.25, -0.2) is 4.98 Å². The molecule has 0 N–H and O–H groups in total. The lowest BCUT2D eigenvalue weighted by molar-refractivity contribution is -0.137. The third kappa shape index (κ3) is 4.52. The summed E-state index contributed by atoms with van der Waals surface area (Å²) in [7, 11) is 0. The number of rotatable bonds is 5. The zero-order valence-electron chi connectivity index (χ0n) is 9.27. The van der Waals surface area contributed by atoms with Crippen LogP contribution in [0.2, 0.25) is 5.15 Å². The molecule has 0 saturated heterocycles. The molecule has 0 atom stereocenters. The summed E-state index contributed by atoms with van der Waals surface area (Å²) in [5.74, 6) is 0. The molecule has 1 radical (unpaired) electrons. The number of hydrogen-bond acceptors (Lipinski definition) is 2. The maximum atomic E-state index is 12.5. The van der Waals surface area contributed by atoms with Crippen molar-refractivity contribution < 1.29 is 17.9 Å². The molecule has 0 fully saturated rings. The van der Waals surface area contributed by atoms with E-state index in [1.54, 1.807) is 0 Å². The second kappa shape index (κ2) is 6.21. The van der Waals surface area contributed by atoms with Gasteiger partial charge in [-0.05, 0) is 12.5 Å². The maximum Gasteiger partial charge on any atom is 0.419 e. The molecular weight excluding hydrogens is 255 g/mol. The Morgan fingerprint density at radius 1 is 1.47 bits per heavy atom. The number of alkyl halides is 3. The van der Waals surface area contributed by atoms with Crippen molar-refractivity contribution in [1.82, 2.24) is 4.98 Å². The molecule has 1 rings (SSSR count). The van der Waals surface area contributed by atoms with E-state index in [4.69, 9.17) is 16.3 Å². The van der Waals surface area contributed by atoms with Crippen molar-refractivity contribution in [2.24, 2.45) is 0 Å². The van der Waals surface area contributed by atoms with Crippen molar-refractivity contribution in [2.45, 2.75) is 32.5 Å². The molecule has 1 aromatic rings. The summed E-state index contributed by atoms with van der Waals surface area (Å²) in [6, 6.07) is 0.918. The summed E-state index contributed by atoms with van der Waals surface area (Å²) in [6.07, 6.45) is -0.247. The highest BCUT2D eigenvalue weighted by Gasteiger charge is 2.34. The van der Waals surface area contributed by atoms with E-state index >= 15 is 0 Å². The van der Waals surface area contributed by atoms with E-state index in [0.29, 0.717) is 6.61 Å². The van der Waals surface area contributed by atoms with Crippen LogP contribution in [0.15, 0.2) is 6.07 Å². The summed E-state index contributed by atoms with van der Waals surface area (Å²) in [6.45, 7) is 2.57. The SMILES string of the molecule is CCCCOCc1[c]nc(Cl)c(C(F)(F)F)c1. The van der Waals surface area contributed by atoms with Crippen LogP contribution in [0, 0.1) is 6.20 Å². The second-order valence-corrected chi connectivity index (χ2v) is 3.86. The molecule has 0 aliphatic rings. The van der Waals surface area contributed by atoms with Crippen LogP contribution in [-0.2, 0) is 17.5 Å². The highest BCUT2D eigenvalue weighted by atomic mass is 35.5. The minimum absolute atomic E-state index is 0.0627. The van der Waals surface area contributed by atoms with Crippen LogP contribution in [0.25, 0.3) is 0 Å². The van der Waals surface area contributed by atoms with Gasteiger partial charge in [-0.2, -0.15) is 13.2 Å². The van der Waals surface area contributed by atoms with Crippen LogP contribution < -0.4 is 0 Å². The summed E-state index contributed by atoms with van der Waals surface area (Å²) >= 11 is 5.36. The minimum atomic E-state index is -4.50. The monoisotopic (exact) mass is 266 g/mol. The van der Waals surface area contributed by atoms with Gasteiger partial charge < -0.3 is 4.74 Å². The first kappa shape index (κ1) is 14.3. The fraction of sp³-hybridized carbons (Fsp3) is 0.545. The topological polar surface area (TPSA) is 22.1 Å². The van der Waals surface area contributed by atoms with Gasteiger partial charge in [0.05, 0.1) is 18.4 Å². The Bertz CT molecular complexity index is 368. The molecule has 0 aromatic carbocycles. The molecule has 0 bridgehead atoms. The third-order valence-electron chi connectivity index (χ3n) is 2.04. The molecule has 6 heteroatoms. The van der Waals surface area contributed by atoms with E-state index in [2.05, 4.69) is 11.2 Å². The lowest BCUT2D eigenvalue weighted by atomic mass is 10.2. The predicted molar refractivity (Wildman–Crippen MR) is 57.6 cm³/mol. The van der Waals surface area contributed by atoms with Gasteiger partial charge in [0.15, 0.2) is 0 Å². The van der Waals surface area contributed by atoms with E-state index < -0.39 is 16.9 Å². The van der Waals surface area contributed by atoms with E-state index in [1.807, 2.05) is 6.92 Å². The lowest BCUT2D eigenvalue weighted by Crippen LogP contribution is -2.08. The van der Waals surface area contributed by atoms with Crippen molar-refractivity contribution in [2.75, 3.05) is 6.61 Å². The third-order valence-corrected chi connectivity index (χ3v) is 2.33. The Balaban J connectivity index is 2.69. The molecular formula is C11H12ClF3NO. The van der Waals surface area contributed by atoms with Gasteiger partial charge in [0, 0.05) is 12.2 Å². The fourth-order valence-corrected chi connectivity index (χ4v) is 1.35. The van der Waals surface area contributed by atoms with Gasteiger partial charge in [-0.1, -0.05) is 24.9 Å². The van der Waals surface area contributed by atoms with Gasteiger partial charge in [0.25, 0.3) is 0 Å². The molecule has 17 heavy (non-hydrogen) atoms. The fourth-order valence-electron chi connectivity index (χ4n) is 1.15. The Kier molecular flexibility index (Phi) is 5.21. The Labute approximate surface area is 103 Å². The zero-order chi connectivity index (χ0) is 12.9. The van der Waals surface area contributed by atoms with Crippen molar-refractivity contribution in [1.29, 1.82) is 0 Å². The molecule has 1 aromatic heterocycles. The molecule has 0 saturated carbocycles. The Morgan fingerprint density at radius 3 is 2.76 bits per heavy atom. The molecule has 95 valence electrons. The Morgan fingerprint density at radius 2 is 2.18 bits per heavy atom. The molecule has 2 nitrogen and oxygen atoms in total. The number of ether oxygens (including phenoxy) is 1. The van der Waals surface area contributed by atoms with Gasteiger partial charge in [-0.3, -0.25) is 0 Å². The van der Waals surface area contributed by atoms with Crippen LogP contribution in [0.4, 0.5) is 13.2 Å². The number of nitrogens with zero attached hydrogens (tertiary/aromatic N) is 1. The second-order valence-electron chi connectivity index (χ2n) is 3.50. The first-order valence-corrected chi connectivity index (χ1v) is 5.55. The van der Waals surface area contributed by atoms with Crippen molar-refractivity contribution in [3.05, 3.63) is 28.5 Å².